The first-order chi connectivity index (χ1) is 8.31. The van der Waals surface area contributed by atoms with Gasteiger partial charge in [-0.2, -0.15) is 0 Å². The monoisotopic (exact) mass is 251 g/mol. The van der Waals surface area contributed by atoms with E-state index >= 15 is 0 Å². The highest BCUT2D eigenvalue weighted by Crippen LogP contribution is 2.28. The van der Waals surface area contributed by atoms with E-state index in [9.17, 15) is 0 Å². The molecule has 0 saturated heterocycles. The third-order valence-electron chi connectivity index (χ3n) is 3.56. The second-order valence-corrected chi connectivity index (χ2v) is 5.57. The molecule has 2 rings (SSSR count). The van der Waals surface area contributed by atoms with Crippen molar-refractivity contribution in [2.24, 2.45) is 5.92 Å². The zero-order valence-corrected chi connectivity index (χ0v) is 11.5. The second-order valence-electron chi connectivity index (χ2n) is 4.74. The number of anilines is 1. The molecule has 1 N–H and O–H groups in total. The number of rotatable bonds is 4. The quantitative estimate of drug-likeness (QED) is 0.830. The Bertz CT molecular complexity index is 339. The van der Waals surface area contributed by atoms with Gasteiger partial charge in [-0.1, -0.05) is 26.2 Å². The van der Waals surface area contributed by atoms with Crippen LogP contribution in [0.3, 0.4) is 0 Å². The summed E-state index contributed by atoms with van der Waals surface area (Å²) in [4.78, 5) is 0. The van der Waals surface area contributed by atoms with Crippen molar-refractivity contribution in [3.8, 4) is 0 Å². The van der Waals surface area contributed by atoms with Gasteiger partial charge >= 0.3 is 0 Å². The average molecular weight is 251 g/mol. The molecule has 4 heteroatoms. The van der Waals surface area contributed by atoms with E-state index < -0.39 is 0 Å². The molecule has 17 heavy (non-hydrogen) atoms. The lowest BCUT2D eigenvalue weighted by Gasteiger charge is -2.29. The van der Waals surface area contributed by atoms with Crippen molar-refractivity contribution < 1.29 is 0 Å². The molecule has 0 bridgehead atoms. The Labute approximate surface area is 108 Å². The van der Waals surface area contributed by atoms with Gasteiger partial charge < -0.3 is 5.32 Å². The summed E-state index contributed by atoms with van der Waals surface area (Å²) in [6.45, 7) is 2.29. The molecule has 0 aliphatic heterocycles. The smallest absolute Gasteiger partial charge is 0.148 e. The molecular formula is C13H21N3S. The van der Waals surface area contributed by atoms with Crippen molar-refractivity contribution in [1.29, 1.82) is 0 Å². The Morgan fingerprint density at radius 3 is 2.88 bits per heavy atom. The fourth-order valence-electron chi connectivity index (χ4n) is 2.51. The van der Waals surface area contributed by atoms with Gasteiger partial charge in [0.15, 0.2) is 0 Å². The molecule has 1 fully saturated rings. The minimum atomic E-state index is 0.586. The topological polar surface area (TPSA) is 37.8 Å². The first kappa shape index (κ1) is 12.7. The van der Waals surface area contributed by atoms with Crippen LogP contribution < -0.4 is 5.32 Å². The lowest BCUT2D eigenvalue weighted by Crippen LogP contribution is -2.27. The lowest BCUT2D eigenvalue weighted by molar-refractivity contribution is 0.327. The number of thioether (sulfide) groups is 1. The molecule has 0 radical (unpaired) electrons. The summed E-state index contributed by atoms with van der Waals surface area (Å²) < 4.78 is 0. The zero-order chi connectivity index (χ0) is 12.1. The number of aromatic nitrogens is 2. The summed E-state index contributed by atoms with van der Waals surface area (Å²) >= 11 is 1.63. The van der Waals surface area contributed by atoms with Crippen LogP contribution in [-0.4, -0.2) is 22.5 Å². The minimum absolute atomic E-state index is 0.586. The molecule has 0 spiro atoms. The first-order valence-electron chi connectivity index (χ1n) is 6.46. The second kappa shape index (κ2) is 6.24. The zero-order valence-electron chi connectivity index (χ0n) is 10.6. The van der Waals surface area contributed by atoms with Gasteiger partial charge in [-0.15, -0.1) is 22.0 Å². The maximum Gasteiger partial charge on any atom is 0.148 e. The normalized spacial score (nSPS) is 24.6. The van der Waals surface area contributed by atoms with Crippen molar-refractivity contribution in [2.75, 3.05) is 11.6 Å². The van der Waals surface area contributed by atoms with Gasteiger partial charge in [-0.3, -0.25) is 0 Å². The maximum atomic E-state index is 4.21. The molecule has 1 heterocycles. The number of nitrogens with zero attached hydrogens (tertiary/aromatic N) is 2. The van der Waals surface area contributed by atoms with Gasteiger partial charge in [-0.25, -0.2) is 0 Å². The van der Waals surface area contributed by atoms with Crippen LogP contribution in [0, 0.1) is 5.92 Å². The molecule has 1 saturated carbocycles. The van der Waals surface area contributed by atoms with E-state index in [4.69, 9.17) is 0 Å². The predicted octanol–water partition coefficient (Wildman–Crippen LogP) is 3.58. The minimum Gasteiger partial charge on any atom is -0.366 e. The standard InChI is InChI=1S/C13H21N3S/c1-3-10-5-4-6-11(9-10)14-12-7-8-13(17-2)16-15-12/h7-8,10-11H,3-6,9H2,1-2H3,(H,14,15). The highest BCUT2D eigenvalue weighted by atomic mass is 32.2. The third kappa shape index (κ3) is 3.60. The molecule has 0 aromatic carbocycles. The van der Waals surface area contributed by atoms with Crippen LogP contribution in [0.25, 0.3) is 0 Å². The lowest BCUT2D eigenvalue weighted by atomic mass is 9.84. The van der Waals surface area contributed by atoms with Gasteiger partial charge in [0.25, 0.3) is 0 Å². The fourth-order valence-corrected chi connectivity index (χ4v) is 2.83. The van der Waals surface area contributed by atoms with E-state index in [1.807, 2.05) is 18.4 Å². The number of hydrogen-bond donors (Lipinski definition) is 1. The summed E-state index contributed by atoms with van der Waals surface area (Å²) in [6, 6.07) is 4.65. The maximum absolute atomic E-state index is 4.21. The van der Waals surface area contributed by atoms with Crippen LogP contribution in [-0.2, 0) is 0 Å². The van der Waals surface area contributed by atoms with Crippen molar-refractivity contribution in [3.63, 3.8) is 0 Å². The SMILES string of the molecule is CCC1CCCC(Nc2ccc(SC)nn2)C1. The van der Waals surface area contributed by atoms with Gasteiger partial charge in [0.2, 0.25) is 0 Å². The van der Waals surface area contributed by atoms with Crippen LogP contribution in [0.2, 0.25) is 0 Å². The van der Waals surface area contributed by atoms with Crippen LogP contribution in [0.15, 0.2) is 17.2 Å². The van der Waals surface area contributed by atoms with Gasteiger partial charge in [0.1, 0.15) is 10.8 Å². The van der Waals surface area contributed by atoms with E-state index in [0.717, 1.165) is 16.8 Å². The summed E-state index contributed by atoms with van der Waals surface area (Å²) in [6.07, 6.45) is 8.60. The summed E-state index contributed by atoms with van der Waals surface area (Å²) in [5.41, 5.74) is 0. The third-order valence-corrected chi connectivity index (χ3v) is 4.20. The Hall–Kier alpha value is -0.770. The Morgan fingerprint density at radius 2 is 2.24 bits per heavy atom. The fraction of sp³-hybridized carbons (Fsp3) is 0.692. The molecule has 94 valence electrons. The van der Waals surface area contributed by atoms with Crippen LogP contribution >= 0.6 is 11.8 Å². The first-order valence-corrected chi connectivity index (χ1v) is 7.68. The summed E-state index contributed by atoms with van der Waals surface area (Å²) in [7, 11) is 0. The molecule has 2 unspecified atom stereocenters. The van der Waals surface area contributed by atoms with Gasteiger partial charge in [0, 0.05) is 6.04 Å². The van der Waals surface area contributed by atoms with E-state index in [0.29, 0.717) is 6.04 Å². The van der Waals surface area contributed by atoms with E-state index in [2.05, 4.69) is 22.4 Å². The predicted molar refractivity (Wildman–Crippen MR) is 73.5 cm³/mol. The van der Waals surface area contributed by atoms with Gasteiger partial charge in [-0.05, 0) is 37.1 Å². The van der Waals surface area contributed by atoms with Gasteiger partial charge in [0.05, 0.1) is 0 Å². The number of hydrogen-bond acceptors (Lipinski definition) is 4. The Morgan fingerprint density at radius 1 is 1.35 bits per heavy atom. The molecule has 1 aliphatic rings. The molecule has 1 aromatic heterocycles. The number of nitrogens with one attached hydrogen (secondary N) is 1. The highest BCUT2D eigenvalue weighted by molar-refractivity contribution is 7.98. The Kier molecular flexibility index (Phi) is 4.66. The largest absolute Gasteiger partial charge is 0.366 e. The summed E-state index contributed by atoms with van der Waals surface area (Å²) in [5, 5.41) is 12.9. The molecular weight excluding hydrogens is 230 g/mol. The van der Waals surface area contributed by atoms with E-state index in [-0.39, 0.29) is 0 Å². The molecule has 1 aromatic rings. The molecule has 3 nitrogen and oxygen atoms in total. The van der Waals surface area contributed by atoms with E-state index in [1.165, 1.54) is 32.1 Å². The van der Waals surface area contributed by atoms with Crippen molar-refractivity contribution in [3.05, 3.63) is 12.1 Å². The van der Waals surface area contributed by atoms with E-state index in [1.54, 1.807) is 11.8 Å². The molecule has 0 amide bonds. The average Bonchev–Trinajstić information content (AvgIpc) is 2.40. The van der Waals surface area contributed by atoms with Crippen LogP contribution in [0.4, 0.5) is 5.82 Å². The van der Waals surface area contributed by atoms with Crippen molar-refractivity contribution in [2.45, 2.75) is 50.1 Å². The van der Waals surface area contributed by atoms with Crippen molar-refractivity contribution >= 4 is 17.6 Å². The molecule has 1 aliphatic carbocycles. The molecule has 2 atom stereocenters. The van der Waals surface area contributed by atoms with Crippen LogP contribution in [0.5, 0.6) is 0 Å². The van der Waals surface area contributed by atoms with Crippen molar-refractivity contribution in [1.82, 2.24) is 10.2 Å². The highest BCUT2D eigenvalue weighted by Gasteiger charge is 2.20. The summed E-state index contributed by atoms with van der Waals surface area (Å²) in [5.74, 6) is 1.81. The van der Waals surface area contributed by atoms with Crippen LogP contribution in [0.1, 0.15) is 39.0 Å². The Balaban J connectivity index is 1.90.